The second-order valence-electron chi connectivity index (χ2n) is 7.36. The molecule has 4 rings (SSSR count). The van der Waals surface area contributed by atoms with Gasteiger partial charge in [0, 0.05) is 11.6 Å². The Morgan fingerprint density at radius 2 is 1.62 bits per heavy atom. The zero-order chi connectivity index (χ0) is 22.7. The number of hydrogen-bond acceptors (Lipinski definition) is 4. The van der Waals surface area contributed by atoms with Gasteiger partial charge in [-0.15, -0.1) is 0 Å². The number of benzene rings is 3. The van der Waals surface area contributed by atoms with Crippen molar-refractivity contribution in [1.82, 2.24) is 9.78 Å². The van der Waals surface area contributed by atoms with Crippen molar-refractivity contribution in [2.45, 2.75) is 18.4 Å². The number of sulfonamides is 1. The summed E-state index contributed by atoms with van der Waals surface area (Å²) < 4.78 is 30.2. The second-order valence-corrected chi connectivity index (χ2v) is 9.04. The third-order valence-corrected chi connectivity index (χ3v) is 6.32. The van der Waals surface area contributed by atoms with E-state index < -0.39 is 16.0 Å². The molecule has 0 aliphatic heterocycles. The fourth-order valence-corrected chi connectivity index (χ4v) is 4.27. The summed E-state index contributed by atoms with van der Waals surface area (Å²) in [5.41, 5.74) is 3.29. The SMILES string of the molecule is Cc1ccc(S(=O)(=O)Nc2cc(-c3ccc(C(=O)O)cc3)nn2Cc2ccccc2)cc1. The molecule has 7 nitrogen and oxygen atoms in total. The lowest BCUT2D eigenvalue weighted by Gasteiger charge is -2.11. The Labute approximate surface area is 186 Å². The van der Waals surface area contributed by atoms with Gasteiger partial charge in [-0.3, -0.25) is 4.72 Å². The zero-order valence-electron chi connectivity index (χ0n) is 17.3. The average molecular weight is 448 g/mol. The van der Waals surface area contributed by atoms with Crippen molar-refractivity contribution < 1.29 is 18.3 Å². The first kappa shape index (κ1) is 21.3. The molecule has 1 aromatic heterocycles. The summed E-state index contributed by atoms with van der Waals surface area (Å²) >= 11 is 0. The van der Waals surface area contributed by atoms with Crippen molar-refractivity contribution in [3.63, 3.8) is 0 Å². The number of carbonyl (C=O) groups is 1. The van der Waals surface area contributed by atoms with Gasteiger partial charge in [-0.1, -0.05) is 60.2 Å². The van der Waals surface area contributed by atoms with Crippen LogP contribution in [-0.2, 0) is 16.6 Å². The van der Waals surface area contributed by atoms with E-state index in [4.69, 9.17) is 5.11 Å². The van der Waals surface area contributed by atoms with Gasteiger partial charge in [0.25, 0.3) is 10.0 Å². The van der Waals surface area contributed by atoms with Gasteiger partial charge in [0.05, 0.1) is 22.7 Å². The van der Waals surface area contributed by atoms with Gasteiger partial charge in [-0.25, -0.2) is 17.9 Å². The number of nitrogens with zero attached hydrogens (tertiary/aromatic N) is 2. The molecule has 1 heterocycles. The monoisotopic (exact) mass is 447 g/mol. The van der Waals surface area contributed by atoms with E-state index in [1.807, 2.05) is 37.3 Å². The van der Waals surface area contributed by atoms with Gasteiger partial charge in [0.2, 0.25) is 0 Å². The minimum absolute atomic E-state index is 0.155. The van der Waals surface area contributed by atoms with Crippen LogP contribution in [0, 0.1) is 6.92 Å². The van der Waals surface area contributed by atoms with Crippen LogP contribution in [0.1, 0.15) is 21.5 Å². The van der Waals surface area contributed by atoms with Crippen LogP contribution in [0.2, 0.25) is 0 Å². The number of carboxylic acid groups (broad SMARTS) is 1. The van der Waals surface area contributed by atoms with Gasteiger partial charge in [-0.05, 0) is 36.8 Å². The number of aromatic carboxylic acids is 1. The minimum Gasteiger partial charge on any atom is -0.478 e. The predicted octanol–water partition coefficient (Wildman–Crippen LogP) is 4.41. The third-order valence-electron chi connectivity index (χ3n) is 4.95. The highest BCUT2D eigenvalue weighted by Crippen LogP contribution is 2.25. The number of anilines is 1. The Balaban J connectivity index is 1.72. The van der Waals surface area contributed by atoms with E-state index in [0.717, 1.165) is 11.1 Å². The Kier molecular flexibility index (Phi) is 5.79. The Morgan fingerprint density at radius 1 is 0.969 bits per heavy atom. The molecule has 0 amide bonds. The van der Waals surface area contributed by atoms with Crippen LogP contribution in [0.5, 0.6) is 0 Å². The molecule has 0 saturated carbocycles. The number of rotatable bonds is 7. The minimum atomic E-state index is -3.82. The predicted molar refractivity (Wildman–Crippen MR) is 122 cm³/mol. The fraction of sp³-hybridized carbons (Fsp3) is 0.0833. The maximum atomic E-state index is 13.0. The van der Waals surface area contributed by atoms with Crippen LogP contribution in [0.25, 0.3) is 11.3 Å². The highest BCUT2D eigenvalue weighted by molar-refractivity contribution is 7.92. The van der Waals surface area contributed by atoms with E-state index in [-0.39, 0.29) is 10.5 Å². The topological polar surface area (TPSA) is 101 Å². The molecular weight excluding hydrogens is 426 g/mol. The lowest BCUT2D eigenvalue weighted by molar-refractivity contribution is 0.0697. The summed E-state index contributed by atoms with van der Waals surface area (Å²) in [6.07, 6.45) is 0. The number of aryl methyl sites for hydroxylation is 1. The number of nitrogens with one attached hydrogen (secondary N) is 1. The normalized spacial score (nSPS) is 11.3. The van der Waals surface area contributed by atoms with E-state index in [2.05, 4.69) is 9.82 Å². The number of hydrogen-bond donors (Lipinski definition) is 2. The quantitative estimate of drug-likeness (QED) is 0.437. The fourth-order valence-electron chi connectivity index (χ4n) is 3.21. The highest BCUT2D eigenvalue weighted by atomic mass is 32.2. The molecular formula is C24H21N3O4S. The van der Waals surface area contributed by atoms with Crippen molar-refractivity contribution in [3.05, 3.63) is 102 Å². The summed E-state index contributed by atoms with van der Waals surface area (Å²) in [7, 11) is -3.82. The molecule has 0 fully saturated rings. The maximum Gasteiger partial charge on any atom is 0.335 e. The van der Waals surface area contributed by atoms with Crippen LogP contribution < -0.4 is 4.72 Å². The number of aromatic nitrogens is 2. The van der Waals surface area contributed by atoms with Gasteiger partial charge >= 0.3 is 5.97 Å². The van der Waals surface area contributed by atoms with Crippen LogP contribution in [-0.4, -0.2) is 29.3 Å². The standard InChI is InChI=1S/C24H21N3O4S/c1-17-7-13-21(14-8-17)32(30,31)26-23-15-22(19-9-11-20(12-10-19)24(28)29)25-27(23)16-18-5-3-2-4-6-18/h2-15,26H,16H2,1H3,(H,28,29). The third kappa shape index (κ3) is 4.70. The molecule has 0 saturated heterocycles. The number of carboxylic acids is 1. The highest BCUT2D eigenvalue weighted by Gasteiger charge is 2.19. The molecule has 162 valence electrons. The molecule has 8 heteroatoms. The summed E-state index contributed by atoms with van der Waals surface area (Å²) in [6.45, 7) is 2.25. The van der Waals surface area contributed by atoms with Crippen LogP contribution >= 0.6 is 0 Å². The van der Waals surface area contributed by atoms with E-state index in [0.29, 0.717) is 23.6 Å². The van der Waals surface area contributed by atoms with Crippen LogP contribution in [0.3, 0.4) is 0 Å². The molecule has 0 aliphatic rings. The van der Waals surface area contributed by atoms with Gasteiger partial charge < -0.3 is 5.11 Å². The molecule has 32 heavy (non-hydrogen) atoms. The first-order chi connectivity index (χ1) is 15.3. The van der Waals surface area contributed by atoms with Gasteiger partial charge in [0.15, 0.2) is 0 Å². The van der Waals surface area contributed by atoms with Gasteiger partial charge in [0.1, 0.15) is 5.82 Å². The molecule has 0 spiro atoms. The van der Waals surface area contributed by atoms with Crippen LogP contribution in [0.15, 0.2) is 89.8 Å². The first-order valence-corrected chi connectivity index (χ1v) is 11.4. The molecule has 0 aliphatic carbocycles. The van der Waals surface area contributed by atoms with Crippen LogP contribution in [0.4, 0.5) is 5.82 Å². The summed E-state index contributed by atoms with van der Waals surface area (Å²) in [6, 6.07) is 24.1. The summed E-state index contributed by atoms with van der Waals surface area (Å²) in [5.74, 6) is -0.704. The molecule has 3 aromatic carbocycles. The van der Waals surface area contributed by atoms with Crippen molar-refractivity contribution in [2.24, 2.45) is 0 Å². The van der Waals surface area contributed by atoms with Crippen molar-refractivity contribution in [2.75, 3.05) is 4.72 Å². The smallest absolute Gasteiger partial charge is 0.335 e. The molecule has 0 radical (unpaired) electrons. The van der Waals surface area contributed by atoms with Crippen molar-refractivity contribution in [1.29, 1.82) is 0 Å². The molecule has 2 N–H and O–H groups in total. The molecule has 0 bridgehead atoms. The lowest BCUT2D eigenvalue weighted by Crippen LogP contribution is -2.16. The Morgan fingerprint density at radius 3 is 2.25 bits per heavy atom. The van der Waals surface area contributed by atoms with Crippen molar-refractivity contribution >= 4 is 21.8 Å². The van der Waals surface area contributed by atoms with E-state index in [1.54, 1.807) is 47.1 Å². The summed E-state index contributed by atoms with van der Waals surface area (Å²) in [4.78, 5) is 11.3. The second kappa shape index (κ2) is 8.68. The Bertz CT molecular complexity index is 1340. The van der Waals surface area contributed by atoms with E-state index >= 15 is 0 Å². The van der Waals surface area contributed by atoms with Gasteiger partial charge in [-0.2, -0.15) is 5.10 Å². The molecule has 4 aromatic rings. The average Bonchev–Trinajstić information content (AvgIpc) is 3.16. The molecule has 0 unspecified atom stereocenters. The first-order valence-electron chi connectivity index (χ1n) is 9.87. The molecule has 0 atom stereocenters. The zero-order valence-corrected chi connectivity index (χ0v) is 18.1. The van der Waals surface area contributed by atoms with Crippen molar-refractivity contribution in [3.8, 4) is 11.3 Å². The largest absolute Gasteiger partial charge is 0.478 e. The lowest BCUT2D eigenvalue weighted by atomic mass is 10.1. The van der Waals surface area contributed by atoms with E-state index in [9.17, 15) is 13.2 Å². The summed E-state index contributed by atoms with van der Waals surface area (Å²) in [5, 5.41) is 13.7. The maximum absolute atomic E-state index is 13.0. The Hall–Kier alpha value is -3.91. The van der Waals surface area contributed by atoms with E-state index in [1.165, 1.54) is 12.1 Å².